The summed E-state index contributed by atoms with van der Waals surface area (Å²) in [4.78, 5) is 12.3. The van der Waals surface area contributed by atoms with Crippen LogP contribution in [-0.4, -0.2) is 32.2 Å². The van der Waals surface area contributed by atoms with Gasteiger partial charge in [0.25, 0.3) is 0 Å². The number of nitrogens with zero attached hydrogens (tertiary/aromatic N) is 1. The molecule has 0 aliphatic heterocycles. The van der Waals surface area contributed by atoms with Gasteiger partial charge in [-0.1, -0.05) is 17.7 Å². The lowest BCUT2D eigenvalue weighted by atomic mass is 10.1. The number of benzene rings is 1. The van der Waals surface area contributed by atoms with Gasteiger partial charge in [-0.05, 0) is 45.9 Å². The fraction of sp³-hybridized carbons (Fsp3) is 0.500. The van der Waals surface area contributed by atoms with Crippen LogP contribution < -0.4 is 9.62 Å². The van der Waals surface area contributed by atoms with Crippen molar-refractivity contribution in [1.29, 1.82) is 0 Å². The highest BCUT2D eigenvalue weighted by atomic mass is 35.5. The third kappa shape index (κ3) is 5.21. The van der Waals surface area contributed by atoms with Crippen LogP contribution >= 0.6 is 11.6 Å². The lowest BCUT2D eigenvalue weighted by Gasteiger charge is -2.31. The fourth-order valence-corrected chi connectivity index (χ4v) is 3.25. The number of carbonyl (C=O) groups excluding carboxylic acids is 1. The smallest absolute Gasteiger partial charge is 0.244 e. The summed E-state index contributed by atoms with van der Waals surface area (Å²) < 4.78 is 25.2. The highest BCUT2D eigenvalue weighted by Crippen LogP contribution is 2.24. The van der Waals surface area contributed by atoms with Crippen molar-refractivity contribution < 1.29 is 13.2 Å². The molecule has 0 fully saturated rings. The third-order valence-electron chi connectivity index (χ3n) is 2.65. The van der Waals surface area contributed by atoms with E-state index in [4.69, 9.17) is 11.6 Å². The van der Waals surface area contributed by atoms with Gasteiger partial charge in [0.2, 0.25) is 15.9 Å². The molecule has 7 heteroatoms. The number of sulfonamides is 1. The average Bonchev–Trinajstić information content (AvgIpc) is 2.24. The van der Waals surface area contributed by atoms with Gasteiger partial charge < -0.3 is 5.32 Å². The van der Waals surface area contributed by atoms with E-state index in [2.05, 4.69) is 5.32 Å². The van der Waals surface area contributed by atoms with Gasteiger partial charge >= 0.3 is 0 Å². The maximum Gasteiger partial charge on any atom is 0.244 e. The maximum absolute atomic E-state index is 12.3. The molecule has 0 aliphatic rings. The van der Waals surface area contributed by atoms with Gasteiger partial charge in [0.1, 0.15) is 6.04 Å². The minimum absolute atomic E-state index is 0.363. The average molecular weight is 333 g/mol. The van der Waals surface area contributed by atoms with Crippen LogP contribution in [-0.2, 0) is 14.8 Å². The van der Waals surface area contributed by atoms with Gasteiger partial charge in [0.15, 0.2) is 0 Å². The molecule has 118 valence electrons. The van der Waals surface area contributed by atoms with E-state index in [-0.39, 0.29) is 5.91 Å². The molecule has 1 rings (SSSR count). The lowest BCUT2D eigenvalue weighted by molar-refractivity contribution is -0.123. The first-order chi connectivity index (χ1) is 9.42. The van der Waals surface area contributed by atoms with Gasteiger partial charge in [0, 0.05) is 10.6 Å². The maximum atomic E-state index is 12.3. The zero-order chi connectivity index (χ0) is 16.4. The summed E-state index contributed by atoms with van der Waals surface area (Å²) in [5, 5.41) is 3.18. The summed E-state index contributed by atoms with van der Waals surface area (Å²) in [6.07, 6.45) is 1.06. The van der Waals surface area contributed by atoms with Crippen molar-refractivity contribution in [1.82, 2.24) is 5.32 Å². The molecule has 0 saturated heterocycles. The fourth-order valence-electron chi connectivity index (χ4n) is 1.90. The molecule has 0 spiro atoms. The summed E-state index contributed by atoms with van der Waals surface area (Å²) in [7, 11) is -3.62. The summed E-state index contributed by atoms with van der Waals surface area (Å²) in [6, 6.07) is 5.53. The Bertz CT molecular complexity index is 623. The molecule has 1 aromatic carbocycles. The van der Waals surface area contributed by atoms with E-state index in [1.54, 1.807) is 25.1 Å². The van der Waals surface area contributed by atoms with Crippen molar-refractivity contribution in [3.63, 3.8) is 0 Å². The van der Waals surface area contributed by atoms with Gasteiger partial charge in [-0.3, -0.25) is 9.10 Å². The Morgan fingerprint density at radius 2 is 1.90 bits per heavy atom. The second-order valence-corrected chi connectivity index (χ2v) is 8.25. The summed E-state index contributed by atoms with van der Waals surface area (Å²) in [5.41, 5.74) is -0.0791. The Balaban J connectivity index is 3.19. The molecular formula is C14H21ClN2O3S. The van der Waals surface area contributed by atoms with Crippen LogP contribution in [0.5, 0.6) is 0 Å². The van der Waals surface area contributed by atoms with Crippen LogP contribution in [0.25, 0.3) is 0 Å². The van der Waals surface area contributed by atoms with Crippen molar-refractivity contribution in [3.05, 3.63) is 29.3 Å². The van der Waals surface area contributed by atoms with Crippen LogP contribution in [0.3, 0.4) is 0 Å². The molecule has 0 heterocycles. The second kappa shape index (κ2) is 6.23. The number of hydrogen-bond donors (Lipinski definition) is 1. The molecule has 1 atom stereocenters. The summed E-state index contributed by atoms with van der Waals surface area (Å²) in [6.45, 7) is 7.05. The molecule has 21 heavy (non-hydrogen) atoms. The second-order valence-electron chi connectivity index (χ2n) is 5.95. The van der Waals surface area contributed by atoms with Gasteiger partial charge in [-0.25, -0.2) is 8.42 Å². The standard InChI is InChI=1S/C14H21ClN2O3S/c1-10(13(18)16-14(2,3)4)17(21(5,19)20)12-8-6-7-11(15)9-12/h6-10H,1-5H3,(H,16,18). The van der Waals surface area contributed by atoms with Crippen molar-refractivity contribution in [3.8, 4) is 0 Å². The molecule has 0 aliphatic carbocycles. The van der Waals surface area contributed by atoms with E-state index >= 15 is 0 Å². The van der Waals surface area contributed by atoms with E-state index in [0.29, 0.717) is 10.7 Å². The Kier molecular flexibility index (Phi) is 5.28. The Hall–Kier alpha value is -1.27. The molecule has 0 bridgehead atoms. The molecule has 5 nitrogen and oxygen atoms in total. The Morgan fingerprint density at radius 1 is 1.33 bits per heavy atom. The van der Waals surface area contributed by atoms with Gasteiger partial charge in [-0.2, -0.15) is 0 Å². The van der Waals surface area contributed by atoms with Crippen molar-refractivity contribution in [2.24, 2.45) is 0 Å². The lowest BCUT2D eigenvalue weighted by Crippen LogP contribution is -2.52. The molecule has 0 saturated carbocycles. The van der Waals surface area contributed by atoms with Crippen LogP contribution in [0, 0.1) is 0 Å². The quantitative estimate of drug-likeness (QED) is 0.920. The highest BCUT2D eigenvalue weighted by molar-refractivity contribution is 7.92. The first kappa shape index (κ1) is 17.8. The van der Waals surface area contributed by atoms with Crippen LogP contribution in [0.4, 0.5) is 5.69 Å². The Morgan fingerprint density at radius 3 is 2.33 bits per heavy atom. The number of amides is 1. The molecular weight excluding hydrogens is 312 g/mol. The molecule has 1 N–H and O–H groups in total. The molecule has 0 aromatic heterocycles. The van der Waals surface area contributed by atoms with Gasteiger partial charge in [-0.15, -0.1) is 0 Å². The number of anilines is 1. The summed E-state index contributed by atoms with van der Waals surface area (Å²) >= 11 is 5.91. The number of nitrogens with one attached hydrogen (secondary N) is 1. The largest absolute Gasteiger partial charge is 0.350 e. The minimum Gasteiger partial charge on any atom is -0.350 e. The van der Waals surface area contributed by atoms with E-state index in [9.17, 15) is 13.2 Å². The SMILES string of the molecule is CC(C(=O)NC(C)(C)C)N(c1cccc(Cl)c1)S(C)(=O)=O. The zero-order valence-corrected chi connectivity index (χ0v) is 14.4. The van der Waals surface area contributed by atoms with Crippen LogP contribution in [0.1, 0.15) is 27.7 Å². The first-order valence-corrected chi connectivity index (χ1v) is 8.71. The number of halogens is 1. The van der Waals surface area contributed by atoms with E-state index in [1.807, 2.05) is 20.8 Å². The number of carbonyl (C=O) groups is 1. The van der Waals surface area contributed by atoms with E-state index in [1.165, 1.54) is 6.07 Å². The monoisotopic (exact) mass is 332 g/mol. The first-order valence-electron chi connectivity index (χ1n) is 6.49. The Labute approximate surface area is 131 Å². The number of hydrogen-bond acceptors (Lipinski definition) is 3. The van der Waals surface area contributed by atoms with Crippen LogP contribution in [0.15, 0.2) is 24.3 Å². The van der Waals surface area contributed by atoms with Crippen molar-refractivity contribution in [2.75, 3.05) is 10.6 Å². The summed E-state index contributed by atoms with van der Waals surface area (Å²) in [5.74, 6) is -0.368. The molecule has 0 radical (unpaired) electrons. The highest BCUT2D eigenvalue weighted by Gasteiger charge is 2.30. The minimum atomic E-state index is -3.62. The van der Waals surface area contributed by atoms with Crippen molar-refractivity contribution >= 4 is 33.2 Å². The third-order valence-corrected chi connectivity index (χ3v) is 4.13. The van der Waals surface area contributed by atoms with Crippen molar-refractivity contribution in [2.45, 2.75) is 39.3 Å². The topological polar surface area (TPSA) is 66.5 Å². The molecule has 1 aromatic rings. The zero-order valence-electron chi connectivity index (χ0n) is 12.8. The normalized spacial score (nSPS) is 13.6. The predicted molar refractivity (Wildman–Crippen MR) is 86.1 cm³/mol. The predicted octanol–water partition coefficient (Wildman–Crippen LogP) is 2.41. The van der Waals surface area contributed by atoms with Crippen LogP contribution in [0.2, 0.25) is 5.02 Å². The molecule has 1 unspecified atom stereocenters. The van der Waals surface area contributed by atoms with Gasteiger partial charge in [0.05, 0.1) is 11.9 Å². The van der Waals surface area contributed by atoms with E-state index in [0.717, 1.165) is 10.6 Å². The number of rotatable bonds is 4. The molecule has 1 amide bonds. The van der Waals surface area contributed by atoms with E-state index < -0.39 is 21.6 Å².